The molecule has 1 aromatic rings. The van der Waals surface area contributed by atoms with Gasteiger partial charge >= 0.3 is 0 Å². The number of ether oxygens (including phenoxy) is 2. The number of amides is 1. The van der Waals surface area contributed by atoms with Crippen LogP contribution in [0.15, 0.2) is 18.2 Å². The zero-order valence-electron chi connectivity index (χ0n) is 11.4. The molecule has 0 saturated heterocycles. The Bertz CT molecular complexity index is 472. The molecule has 5 nitrogen and oxygen atoms in total. The average molecular weight is 264 g/mol. The van der Waals surface area contributed by atoms with Crippen LogP contribution in [-0.2, 0) is 11.3 Å². The minimum absolute atomic E-state index is 0.00752. The molecule has 0 aliphatic carbocycles. The molecule has 0 fully saturated rings. The molecule has 0 radical (unpaired) electrons. The Morgan fingerprint density at radius 2 is 2.11 bits per heavy atom. The number of carbonyl (C=O) groups excluding carboxylic acids is 1. The van der Waals surface area contributed by atoms with Gasteiger partial charge in [0.05, 0.1) is 0 Å². The summed E-state index contributed by atoms with van der Waals surface area (Å²) in [7, 11) is 0. The molecule has 0 atom stereocenters. The lowest BCUT2D eigenvalue weighted by Gasteiger charge is -2.21. The van der Waals surface area contributed by atoms with Gasteiger partial charge in [0.2, 0.25) is 12.7 Å². The number of fused-ring (bicyclic) bond motifs is 1. The van der Waals surface area contributed by atoms with E-state index >= 15 is 0 Å². The van der Waals surface area contributed by atoms with Crippen LogP contribution in [0, 0.1) is 5.41 Å². The fourth-order valence-electron chi connectivity index (χ4n) is 1.82. The van der Waals surface area contributed by atoms with Crippen molar-refractivity contribution in [3.8, 4) is 11.5 Å². The number of hydrogen-bond acceptors (Lipinski definition) is 4. The lowest BCUT2D eigenvalue weighted by molar-refractivity contribution is -0.123. The summed E-state index contributed by atoms with van der Waals surface area (Å²) in [5.74, 6) is 1.49. The van der Waals surface area contributed by atoms with Gasteiger partial charge in [-0.25, -0.2) is 0 Å². The van der Waals surface area contributed by atoms with Gasteiger partial charge in [0.15, 0.2) is 11.5 Å². The summed E-state index contributed by atoms with van der Waals surface area (Å²) in [6.45, 7) is 5.19. The van der Waals surface area contributed by atoms with Crippen molar-refractivity contribution in [1.29, 1.82) is 0 Å². The molecule has 1 amide bonds. The highest BCUT2D eigenvalue weighted by atomic mass is 16.7. The van der Waals surface area contributed by atoms with E-state index in [-0.39, 0.29) is 18.1 Å². The predicted octanol–water partition coefficient (Wildman–Crippen LogP) is 1.41. The molecule has 0 saturated carbocycles. The van der Waals surface area contributed by atoms with Gasteiger partial charge in [-0.3, -0.25) is 4.79 Å². The van der Waals surface area contributed by atoms with E-state index in [1.807, 2.05) is 32.0 Å². The van der Waals surface area contributed by atoms with Crippen molar-refractivity contribution in [3.63, 3.8) is 0 Å². The number of hydrogen-bond donors (Lipinski definition) is 2. The zero-order chi connectivity index (χ0) is 13.9. The smallest absolute Gasteiger partial charge is 0.231 e. The van der Waals surface area contributed by atoms with Gasteiger partial charge < -0.3 is 20.5 Å². The molecule has 19 heavy (non-hydrogen) atoms. The first kappa shape index (κ1) is 13.7. The van der Waals surface area contributed by atoms with Gasteiger partial charge in [-0.15, -0.1) is 0 Å². The van der Waals surface area contributed by atoms with Crippen molar-refractivity contribution in [2.75, 3.05) is 13.3 Å². The summed E-state index contributed by atoms with van der Waals surface area (Å²) in [5, 5.41) is 2.89. The molecule has 0 unspecified atom stereocenters. The molecule has 0 spiro atoms. The SMILES string of the molecule is CC(C)(CN)CC(=O)NCc1ccc2c(c1)OCO2. The van der Waals surface area contributed by atoms with Gasteiger partial charge in [0, 0.05) is 13.0 Å². The molecule has 3 N–H and O–H groups in total. The Labute approximate surface area is 113 Å². The van der Waals surface area contributed by atoms with E-state index < -0.39 is 0 Å². The second-order valence-corrected chi connectivity index (χ2v) is 5.51. The molecule has 1 aromatic carbocycles. The summed E-state index contributed by atoms with van der Waals surface area (Å²) in [4.78, 5) is 11.8. The van der Waals surface area contributed by atoms with Crippen molar-refractivity contribution >= 4 is 5.91 Å². The van der Waals surface area contributed by atoms with Crippen LogP contribution in [0.2, 0.25) is 0 Å². The largest absolute Gasteiger partial charge is 0.454 e. The first-order valence-electron chi connectivity index (χ1n) is 6.35. The molecule has 2 rings (SSSR count). The van der Waals surface area contributed by atoms with Gasteiger partial charge in [0.1, 0.15) is 0 Å². The zero-order valence-corrected chi connectivity index (χ0v) is 11.4. The van der Waals surface area contributed by atoms with E-state index in [2.05, 4.69) is 5.32 Å². The Balaban J connectivity index is 1.87. The quantitative estimate of drug-likeness (QED) is 0.843. The first-order chi connectivity index (χ1) is 9.00. The molecule has 104 valence electrons. The Hall–Kier alpha value is -1.75. The summed E-state index contributed by atoms with van der Waals surface area (Å²) in [5.41, 5.74) is 6.43. The van der Waals surface area contributed by atoms with Crippen LogP contribution in [0.1, 0.15) is 25.8 Å². The first-order valence-corrected chi connectivity index (χ1v) is 6.35. The van der Waals surface area contributed by atoms with E-state index in [1.54, 1.807) is 0 Å². The second kappa shape index (κ2) is 5.48. The molecule has 1 aliphatic heterocycles. The fourth-order valence-corrected chi connectivity index (χ4v) is 1.82. The van der Waals surface area contributed by atoms with Gasteiger partial charge in [-0.05, 0) is 29.7 Å². The summed E-state index contributed by atoms with van der Waals surface area (Å²) >= 11 is 0. The Morgan fingerprint density at radius 3 is 2.84 bits per heavy atom. The van der Waals surface area contributed by atoms with Gasteiger partial charge in [-0.2, -0.15) is 0 Å². The van der Waals surface area contributed by atoms with E-state index in [1.165, 1.54) is 0 Å². The van der Waals surface area contributed by atoms with Crippen molar-refractivity contribution < 1.29 is 14.3 Å². The van der Waals surface area contributed by atoms with Crippen molar-refractivity contribution in [3.05, 3.63) is 23.8 Å². The number of nitrogens with one attached hydrogen (secondary N) is 1. The standard InChI is InChI=1S/C14H20N2O3/c1-14(2,8-15)6-13(17)16-7-10-3-4-11-12(5-10)19-9-18-11/h3-5H,6-9,15H2,1-2H3,(H,16,17). The lowest BCUT2D eigenvalue weighted by Crippen LogP contribution is -2.32. The number of carbonyl (C=O) groups is 1. The highest BCUT2D eigenvalue weighted by Gasteiger charge is 2.20. The van der Waals surface area contributed by atoms with Crippen LogP contribution in [0.4, 0.5) is 0 Å². The molecule has 5 heteroatoms. The average Bonchev–Trinajstić information content (AvgIpc) is 2.83. The third-order valence-corrected chi connectivity index (χ3v) is 3.12. The van der Waals surface area contributed by atoms with Crippen LogP contribution in [-0.4, -0.2) is 19.2 Å². The highest BCUT2D eigenvalue weighted by Crippen LogP contribution is 2.32. The molecule has 0 aromatic heterocycles. The van der Waals surface area contributed by atoms with Crippen LogP contribution < -0.4 is 20.5 Å². The molecule has 1 aliphatic rings. The van der Waals surface area contributed by atoms with E-state index in [4.69, 9.17) is 15.2 Å². The van der Waals surface area contributed by atoms with E-state index in [9.17, 15) is 4.79 Å². The number of benzene rings is 1. The summed E-state index contributed by atoms with van der Waals surface area (Å²) < 4.78 is 10.5. The second-order valence-electron chi connectivity index (χ2n) is 5.51. The van der Waals surface area contributed by atoms with Crippen LogP contribution in [0.5, 0.6) is 11.5 Å². The molecular formula is C14H20N2O3. The number of nitrogens with two attached hydrogens (primary N) is 1. The van der Waals surface area contributed by atoms with E-state index in [0.717, 1.165) is 17.1 Å². The highest BCUT2D eigenvalue weighted by molar-refractivity contribution is 5.76. The fraction of sp³-hybridized carbons (Fsp3) is 0.500. The third-order valence-electron chi connectivity index (χ3n) is 3.12. The maximum Gasteiger partial charge on any atom is 0.231 e. The lowest BCUT2D eigenvalue weighted by atomic mass is 9.89. The Morgan fingerprint density at radius 1 is 1.37 bits per heavy atom. The Kier molecular flexibility index (Phi) is 3.95. The van der Waals surface area contributed by atoms with Gasteiger partial charge in [0.25, 0.3) is 0 Å². The summed E-state index contributed by atoms with van der Waals surface area (Å²) in [6, 6.07) is 5.66. The minimum atomic E-state index is -0.168. The summed E-state index contributed by atoms with van der Waals surface area (Å²) in [6.07, 6.45) is 0.425. The maximum absolute atomic E-state index is 11.8. The van der Waals surface area contributed by atoms with Crippen LogP contribution in [0.25, 0.3) is 0 Å². The predicted molar refractivity (Wildman–Crippen MR) is 71.9 cm³/mol. The van der Waals surface area contributed by atoms with Crippen molar-refractivity contribution in [1.82, 2.24) is 5.32 Å². The molecule has 1 heterocycles. The monoisotopic (exact) mass is 264 g/mol. The molecular weight excluding hydrogens is 244 g/mol. The van der Waals surface area contributed by atoms with Crippen molar-refractivity contribution in [2.24, 2.45) is 11.1 Å². The van der Waals surface area contributed by atoms with Crippen molar-refractivity contribution in [2.45, 2.75) is 26.8 Å². The third kappa shape index (κ3) is 3.61. The van der Waals surface area contributed by atoms with Crippen LogP contribution >= 0.6 is 0 Å². The number of rotatable bonds is 5. The van der Waals surface area contributed by atoms with E-state index in [0.29, 0.717) is 19.5 Å². The normalized spacial score (nSPS) is 13.4. The minimum Gasteiger partial charge on any atom is -0.454 e. The van der Waals surface area contributed by atoms with Gasteiger partial charge in [-0.1, -0.05) is 19.9 Å². The van der Waals surface area contributed by atoms with Crippen LogP contribution in [0.3, 0.4) is 0 Å². The maximum atomic E-state index is 11.8. The topological polar surface area (TPSA) is 73.6 Å². The molecule has 0 bridgehead atoms.